The summed E-state index contributed by atoms with van der Waals surface area (Å²) < 4.78 is 29.5. The Hall–Kier alpha value is -1.19. The molecule has 4 heteroatoms. The van der Waals surface area contributed by atoms with Crippen LogP contribution in [-0.4, -0.2) is 15.7 Å². The topological polar surface area (TPSA) is 17.8 Å². The van der Waals surface area contributed by atoms with Crippen molar-refractivity contribution >= 4 is 6.08 Å². The lowest BCUT2D eigenvalue weighted by atomic mass is 9.85. The molecule has 0 radical (unpaired) electrons. The largest absolute Gasteiger partial charge is 0.272 e. The van der Waals surface area contributed by atoms with Crippen LogP contribution in [0.25, 0.3) is 6.08 Å². The molecule has 0 bridgehead atoms. The van der Waals surface area contributed by atoms with E-state index in [0.717, 1.165) is 12.2 Å². The van der Waals surface area contributed by atoms with Gasteiger partial charge in [-0.3, -0.25) is 4.68 Å². The molecule has 0 N–H and O–H groups in total. The summed E-state index contributed by atoms with van der Waals surface area (Å²) in [6, 6.07) is 1.91. The highest BCUT2D eigenvalue weighted by molar-refractivity contribution is 5.43. The standard InChI is InChI=1S/C17H28F2N2/c1-15(2,3)13-21-12-10-14(20-21)9-7-8-11-17(18,19)16(4,5)6/h7,9-10,12H,8,11,13H2,1-6H3/b9-7-. The van der Waals surface area contributed by atoms with Crippen molar-refractivity contribution < 1.29 is 8.78 Å². The first-order valence-electron chi connectivity index (χ1n) is 7.49. The van der Waals surface area contributed by atoms with Gasteiger partial charge in [0.15, 0.2) is 0 Å². The summed E-state index contributed by atoms with van der Waals surface area (Å²) in [6.07, 6.45) is 5.75. The van der Waals surface area contributed by atoms with Gasteiger partial charge in [0.05, 0.1) is 5.69 Å². The highest BCUT2D eigenvalue weighted by Gasteiger charge is 2.41. The molecular weight excluding hydrogens is 270 g/mol. The Bertz CT molecular complexity index is 474. The van der Waals surface area contributed by atoms with Crippen LogP contribution >= 0.6 is 0 Å². The van der Waals surface area contributed by atoms with Crippen molar-refractivity contribution in [1.82, 2.24) is 9.78 Å². The molecule has 0 saturated carbocycles. The fraction of sp³-hybridized carbons (Fsp3) is 0.706. The van der Waals surface area contributed by atoms with E-state index < -0.39 is 11.3 Å². The highest BCUT2D eigenvalue weighted by Crippen LogP contribution is 2.39. The molecule has 0 unspecified atom stereocenters. The monoisotopic (exact) mass is 298 g/mol. The second-order valence-corrected chi connectivity index (χ2v) is 7.89. The minimum Gasteiger partial charge on any atom is -0.272 e. The lowest BCUT2D eigenvalue weighted by Gasteiger charge is -2.29. The zero-order valence-corrected chi connectivity index (χ0v) is 14.1. The van der Waals surface area contributed by atoms with Gasteiger partial charge in [0.1, 0.15) is 0 Å². The summed E-state index contributed by atoms with van der Waals surface area (Å²) in [5.41, 5.74) is -0.00463. The van der Waals surface area contributed by atoms with Crippen LogP contribution in [0.5, 0.6) is 0 Å². The maximum absolute atomic E-state index is 13.8. The maximum atomic E-state index is 13.8. The smallest absolute Gasteiger partial charge is 0.253 e. The van der Waals surface area contributed by atoms with Crippen LogP contribution < -0.4 is 0 Å². The molecule has 21 heavy (non-hydrogen) atoms. The molecular formula is C17H28F2N2. The van der Waals surface area contributed by atoms with Crippen molar-refractivity contribution in [3.63, 3.8) is 0 Å². The van der Waals surface area contributed by atoms with Crippen LogP contribution in [0.15, 0.2) is 18.3 Å². The van der Waals surface area contributed by atoms with Gasteiger partial charge in [-0.15, -0.1) is 0 Å². The molecule has 2 nitrogen and oxygen atoms in total. The van der Waals surface area contributed by atoms with Gasteiger partial charge in [0.2, 0.25) is 0 Å². The molecule has 1 aromatic heterocycles. The molecule has 120 valence electrons. The summed E-state index contributed by atoms with van der Waals surface area (Å²) in [5, 5.41) is 4.42. The Morgan fingerprint density at radius 1 is 1.14 bits per heavy atom. The van der Waals surface area contributed by atoms with Crippen LogP contribution in [0.3, 0.4) is 0 Å². The number of allylic oxidation sites excluding steroid dienone is 1. The van der Waals surface area contributed by atoms with E-state index in [1.807, 2.05) is 23.0 Å². The van der Waals surface area contributed by atoms with E-state index in [-0.39, 0.29) is 11.8 Å². The minimum atomic E-state index is -2.65. The fourth-order valence-corrected chi connectivity index (χ4v) is 1.88. The normalized spacial score (nSPS) is 14.1. The van der Waals surface area contributed by atoms with Crippen molar-refractivity contribution in [2.75, 3.05) is 0 Å². The number of hydrogen-bond acceptors (Lipinski definition) is 1. The van der Waals surface area contributed by atoms with Crippen molar-refractivity contribution in [1.29, 1.82) is 0 Å². The third-order valence-corrected chi connectivity index (χ3v) is 3.31. The van der Waals surface area contributed by atoms with Crippen molar-refractivity contribution in [3.05, 3.63) is 24.0 Å². The number of nitrogens with zero attached hydrogens (tertiary/aromatic N) is 2. The molecule has 0 aliphatic rings. The molecule has 0 amide bonds. The van der Waals surface area contributed by atoms with Crippen LogP contribution in [0.4, 0.5) is 8.78 Å². The molecule has 1 aromatic rings. The van der Waals surface area contributed by atoms with E-state index >= 15 is 0 Å². The van der Waals surface area contributed by atoms with E-state index in [1.54, 1.807) is 26.8 Å². The molecule has 0 spiro atoms. The Balaban J connectivity index is 2.52. The minimum absolute atomic E-state index is 0.129. The third kappa shape index (κ3) is 5.98. The molecule has 0 aliphatic heterocycles. The maximum Gasteiger partial charge on any atom is 0.253 e. The molecule has 0 atom stereocenters. The second-order valence-electron chi connectivity index (χ2n) is 7.89. The average Bonchev–Trinajstić information content (AvgIpc) is 2.68. The van der Waals surface area contributed by atoms with Gasteiger partial charge in [0, 0.05) is 24.6 Å². The van der Waals surface area contributed by atoms with Crippen LogP contribution in [-0.2, 0) is 6.54 Å². The Morgan fingerprint density at radius 2 is 1.76 bits per heavy atom. The van der Waals surface area contributed by atoms with E-state index in [2.05, 4.69) is 25.9 Å². The zero-order valence-electron chi connectivity index (χ0n) is 14.1. The number of hydrogen-bond donors (Lipinski definition) is 0. The zero-order chi connectivity index (χ0) is 16.3. The molecule has 1 heterocycles. The average molecular weight is 298 g/mol. The van der Waals surface area contributed by atoms with E-state index in [1.165, 1.54) is 0 Å². The highest BCUT2D eigenvalue weighted by atomic mass is 19.3. The number of aromatic nitrogens is 2. The van der Waals surface area contributed by atoms with Crippen LogP contribution in [0.2, 0.25) is 0 Å². The van der Waals surface area contributed by atoms with E-state index in [0.29, 0.717) is 6.42 Å². The predicted molar refractivity (Wildman–Crippen MR) is 84.4 cm³/mol. The van der Waals surface area contributed by atoms with Gasteiger partial charge in [-0.1, -0.05) is 47.6 Å². The SMILES string of the molecule is CC(C)(C)Cn1ccc(/C=C\CCC(F)(F)C(C)(C)C)n1. The number of halogens is 2. The summed E-state index contributed by atoms with van der Waals surface area (Å²) in [5.74, 6) is -2.65. The Morgan fingerprint density at radius 3 is 2.29 bits per heavy atom. The van der Waals surface area contributed by atoms with Crippen LogP contribution in [0.1, 0.15) is 60.1 Å². The Labute approximate surface area is 127 Å². The van der Waals surface area contributed by atoms with Crippen molar-refractivity contribution in [3.8, 4) is 0 Å². The predicted octanol–water partition coefficient (Wildman–Crippen LogP) is 5.40. The van der Waals surface area contributed by atoms with Gasteiger partial charge in [-0.05, 0) is 24.0 Å². The first kappa shape index (κ1) is 17.9. The number of alkyl halides is 2. The summed E-state index contributed by atoms with van der Waals surface area (Å²) >= 11 is 0. The summed E-state index contributed by atoms with van der Waals surface area (Å²) in [6.45, 7) is 12.0. The van der Waals surface area contributed by atoms with E-state index in [4.69, 9.17) is 0 Å². The first-order valence-corrected chi connectivity index (χ1v) is 7.49. The molecule has 1 rings (SSSR count). The Kier molecular flexibility index (Phi) is 5.35. The molecule has 0 aromatic carbocycles. The van der Waals surface area contributed by atoms with E-state index in [9.17, 15) is 8.78 Å². The quantitative estimate of drug-likeness (QED) is 0.711. The van der Waals surface area contributed by atoms with Gasteiger partial charge in [0.25, 0.3) is 5.92 Å². The second kappa shape index (κ2) is 6.29. The lowest BCUT2D eigenvalue weighted by molar-refractivity contribution is -0.102. The lowest BCUT2D eigenvalue weighted by Crippen LogP contribution is -2.33. The molecule has 0 saturated heterocycles. The summed E-state index contributed by atoms with van der Waals surface area (Å²) in [7, 11) is 0. The molecule has 0 fully saturated rings. The third-order valence-electron chi connectivity index (χ3n) is 3.31. The number of rotatable bonds is 5. The van der Waals surface area contributed by atoms with Gasteiger partial charge in [-0.25, -0.2) is 8.78 Å². The van der Waals surface area contributed by atoms with Gasteiger partial charge >= 0.3 is 0 Å². The van der Waals surface area contributed by atoms with Gasteiger partial charge < -0.3 is 0 Å². The van der Waals surface area contributed by atoms with Gasteiger partial charge in [-0.2, -0.15) is 5.10 Å². The fourth-order valence-electron chi connectivity index (χ4n) is 1.88. The summed E-state index contributed by atoms with van der Waals surface area (Å²) in [4.78, 5) is 0. The first-order chi connectivity index (χ1) is 9.41. The van der Waals surface area contributed by atoms with Crippen molar-refractivity contribution in [2.45, 2.75) is 66.9 Å². The van der Waals surface area contributed by atoms with Crippen molar-refractivity contribution in [2.24, 2.45) is 10.8 Å². The molecule has 0 aliphatic carbocycles. The van der Waals surface area contributed by atoms with Crippen LogP contribution in [0, 0.1) is 10.8 Å².